The van der Waals surface area contributed by atoms with Gasteiger partial charge in [0.1, 0.15) is 18.5 Å². The number of methoxy groups -OCH3 is 1. The number of carbonyl (C=O) groups is 1. The van der Waals surface area contributed by atoms with E-state index in [0.717, 1.165) is 28.3 Å². The Morgan fingerprint density at radius 3 is 2.59 bits per heavy atom. The molecule has 1 fully saturated rings. The summed E-state index contributed by atoms with van der Waals surface area (Å²) in [5.74, 6) is -0.510. The number of ether oxygens (including phenoxy) is 1. The lowest BCUT2D eigenvalue weighted by Crippen LogP contribution is -2.30. The quantitative estimate of drug-likeness (QED) is 0.335. The summed E-state index contributed by atoms with van der Waals surface area (Å²) < 4.78 is 20.6. The molecule has 3 heterocycles. The van der Waals surface area contributed by atoms with Crippen LogP contribution < -0.4 is 15.5 Å². The van der Waals surface area contributed by atoms with Crippen LogP contribution in [-0.2, 0) is 9.53 Å². The second kappa shape index (κ2) is 10.5. The molecule has 0 bridgehead atoms. The second-order valence-electron chi connectivity index (χ2n) is 8.76. The Kier molecular flexibility index (Phi) is 6.98. The molecule has 9 heteroatoms. The van der Waals surface area contributed by atoms with E-state index < -0.39 is 0 Å². The van der Waals surface area contributed by atoms with Crippen molar-refractivity contribution >= 4 is 34.6 Å². The fourth-order valence-corrected chi connectivity index (χ4v) is 5.01. The van der Waals surface area contributed by atoms with Crippen LogP contribution in [0.2, 0.25) is 0 Å². The van der Waals surface area contributed by atoms with Gasteiger partial charge in [-0.25, -0.2) is 4.39 Å². The third kappa shape index (κ3) is 4.96. The number of hydrogen-bond donors (Lipinski definition) is 2. The van der Waals surface area contributed by atoms with E-state index in [0.29, 0.717) is 10.8 Å². The van der Waals surface area contributed by atoms with Crippen LogP contribution in [0.25, 0.3) is 5.69 Å². The van der Waals surface area contributed by atoms with E-state index in [9.17, 15) is 9.18 Å². The molecular formula is C28H26FN5O2S. The Labute approximate surface area is 219 Å². The van der Waals surface area contributed by atoms with Gasteiger partial charge in [-0.05, 0) is 91.4 Å². The number of halogens is 1. The van der Waals surface area contributed by atoms with Gasteiger partial charge in [0.25, 0.3) is 0 Å². The molecule has 2 N–H and O–H groups in total. The number of carbonyl (C=O) groups excluding carboxylic acids is 1. The molecule has 7 nitrogen and oxygen atoms in total. The smallest absolute Gasteiger partial charge is 0.250 e. The lowest BCUT2D eigenvalue weighted by atomic mass is 10.00. The van der Waals surface area contributed by atoms with Gasteiger partial charge >= 0.3 is 0 Å². The largest absolute Gasteiger partial charge is 0.375 e. The van der Waals surface area contributed by atoms with Crippen molar-refractivity contribution in [2.24, 2.45) is 0 Å². The minimum absolute atomic E-state index is 0.0183. The van der Waals surface area contributed by atoms with Crippen molar-refractivity contribution in [1.29, 1.82) is 0 Å². The van der Waals surface area contributed by atoms with E-state index in [1.165, 1.54) is 19.2 Å². The van der Waals surface area contributed by atoms with Crippen molar-refractivity contribution in [3.63, 3.8) is 0 Å². The highest BCUT2D eigenvalue weighted by molar-refractivity contribution is 7.80. The van der Waals surface area contributed by atoms with E-state index in [1.54, 1.807) is 18.3 Å². The molecule has 4 aromatic rings. The maximum atomic E-state index is 13.7. The number of amides is 1. The molecule has 1 aliphatic rings. The minimum Gasteiger partial charge on any atom is -0.375 e. The highest BCUT2D eigenvalue weighted by Gasteiger charge is 2.42. The normalized spacial score (nSPS) is 17.1. The fraction of sp³-hybridized carbons (Fsp3) is 0.179. The molecule has 0 radical (unpaired) electrons. The van der Waals surface area contributed by atoms with Crippen LogP contribution >= 0.6 is 12.2 Å². The Morgan fingerprint density at radius 2 is 1.89 bits per heavy atom. The molecule has 0 unspecified atom stereocenters. The SMILES string of the molecule is COCC(=O)Nc1ccc(N2C(=S)N[C@@H](c3ccccn3)[C@@H]2c2cccn2-c2ccc(F)cc2)cc1C. The van der Waals surface area contributed by atoms with Crippen molar-refractivity contribution in [3.05, 3.63) is 108 Å². The molecule has 1 amide bonds. The molecule has 0 saturated carbocycles. The highest BCUT2D eigenvalue weighted by atomic mass is 32.1. The van der Waals surface area contributed by atoms with E-state index >= 15 is 0 Å². The van der Waals surface area contributed by atoms with Gasteiger partial charge in [0, 0.05) is 42.3 Å². The summed E-state index contributed by atoms with van der Waals surface area (Å²) in [6, 6.07) is 21.5. The van der Waals surface area contributed by atoms with Crippen LogP contribution in [0.3, 0.4) is 0 Å². The molecule has 37 heavy (non-hydrogen) atoms. The van der Waals surface area contributed by atoms with Gasteiger partial charge in [-0.2, -0.15) is 0 Å². The first-order valence-electron chi connectivity index (χ1n) is 11.8. The summed E-state index contributed by atoms with van der Waals surface area (Å²) in [7, 11) is 1.48. The number of rotatable bonds is 7. The Balaban J connectivity index is 1.58. The number of hydrogen-bond acceptors (Lipinski definition) is 4. The van der Waals surface area contributed by atoms with E-state index in [-0.39, 0.29) is 30.4 Å². The first-order valence-corrected chi connectivity index (χ1v) is 12.2. The number of pyridine rings is 1. The van der Waals surface area contributed by atoms with E-state index in [2.05, 4.69) is 20.5 Å². The second-order valence-corrected chi connectivity index (χ2v) is 9.14. The van der Waals surface area contributed by atoms with Crippen LogP contribution in [0.5, 0.6) is 0 Å². The molecule has 0 aliphatic carbocycles. The Morgan fingerprint density at radius 1 is 1.11 bits per heavy atom. The molecule has 188 valence electrons. The third-order valence-corrected chi connectivity index (χ3v) is 6.64. The van der Waals surface area contributed by atoms with Crippen molar-refractivity contribution in [1.82, 2.24) is 14.9 Å². The molecule has 5 rings (SSSR count). The van der Waals surface area contributed by atoms with Gasteiger partial charge in [0.2, 0.25) is 5.91 Å². The zero-order chi connectivity index (χ0) is 25.9. The van der Waals surface area contributed by atoms with Crippen LogP contribution in [-0.4, -0.2) is 34.3 Å². The van der Waals surface area contributed by atoms with Gasteiger partial charge in [0.05, 0.1) is 11.7 Å². The van der Waals surface area contributed by atoms with Crippen molar-refractivity contribution in [2.45, 2.75) is 19.0 Å². The van der Waals surface area contributed by atoms with Gasteiger partial charge in [0.15, 0.2) is 5.11 Å². The first kappa shape index (κ1) is 24.6. The molecular weight excluding hydrogens is 489 g/mol. The van der Waals surface area contributed by atoms with E-state index in [4.69, 9.17) is 17.0 Å². The average molecular weight is 516 g/mol. The summed E-state index contributed by atoms with van der Waals surface area (Å²) in [5, 5.41) is 6.89. The number of aryl methyl sites for hydroxylation is 1. The highest BCUT2D eigenvalue weighted by Crippen LogP contribution is 2.42. The van der Waals surface area contributed by atoms with Gasteiger partial charge in [-0.1, -0.05) is 6.07 Å². The number of aromatic nitrogens is 2. The predicted octanol–water partition coefficient (Wildman–Crippen LogP) is 5.08. The summed E-state index contributed by atoms with van der Waals surface area (Å²) >= 11 is 5.85. The molecule has 0 spiro atoms. The Hall–Kier alpha value is -4.08. The maximum Gasteiger partial charge on any atom is 0.250 e. The standard InChI is InChI=1S/C28H26FN5O2S/c1-18-16-21(12-13-22(18)31-25(35)17-36-2)34-27(26(32-28(34)37)23-6-3-4-14-30-23)24-7-5-15-33(24)20-10-8-19(29)9-11-20/h3-16,26-27H,17H2,1-2H3,(H,31,35)(H,32,37)/t26-,27-/m0/s1. The molecule has 1 saturated heterocycles. The number of anilines is 2. The van der Waals surface area contributed by atoms with Crippen LogP contribution in [0.1, 0.15) is 29.0 Å². The Bertz CT molecular complexity index is 1420. The first-order chi connectivity index (χ1) is 18.0. The van der Waals surface area contributed by atoms with Gasteiger partial charge in [-0.3, -0.25) is 9.78 Å². The number of thiocarbonyl (C=S) groups is 1. The zero-order valence-corrected chi connectivity index (χ0v) is 21.2. The summed E-state index contributed by atoms with van der Waals surface area (Å²) in [4.78, 5) is 18.7. The predicted molar refractivity (Wildman–Crippen MR) is 145 cm³/mol. The summed E-state index contributed by atoms with van der Waals surface area (Å²) in [5.41, 5.74) is 5.12. The van der Waals surface area contributed by atoms with Gasteiger partial charge < -0.3 is 24.8 Å². The monoisotopic (exact) mass is 515 g/mol. The molecule has 1 aliphatic heterocycles. The van der Waals surface area contributed by atoms with Gasteiger partial charge in [-0.15, -0.1) is 0 Å². The van der Waals surface area contributed by atoms with Crippen LogP contribution in [0.4, 0.5) is 15.8 Å². The summed E-state index contributed by atoms with van der Waals surface area (Å²) in [6.45, 7) is 1.92. The van der Waals surface area contributed by atoms with E-state index in [1.807, 2.05) is 66.2 Å². The lowest BCUT2D eigenvalue weighted by Gasteiger charge is -2.29. The van der Waals surface area contributed by atoms with Crippen LogP contribution in [0.15, 0.2) is 85.2 Å². The maximum absolute atomic E-state index is 13.7. The lowest BCUT2D eigenvalue weighted by molar-refractivity contribution is -0.119. The molecule has 2 aromatic carbocycles. The minimum atomic E-state index is -0.290. The fourth-order valence-electron chi connectivity index (χ4n) is 4.66. The number of nitrogens with one attached hydrogen (secondary N) is 2. The number of benzene rings is 2. The molecule has 2 atom stereocenters. The topological polar surface area (TPSA) is 71.4 Å². The van der Waals surface area contributed by atoms with Crippen molar-refractivity contribution < 1.29 is 13.9 Å². The average Bonchev–Trinajstić information content (AvgIpc) is 3.51. The molecule has 2 aromatic heterocycles. The summed E-state index contributed by atoms with van der Waals surface area (Å²) in [6.07, 6.45) is 3.72. The van der Waals surface area contributed by atoms with Crippen molar-refractivity contribution in [3.8, 4) is 5.69 Å². The van der Waals surface area contributed by atoms with Crippen molar-refractivity contribution in [2.75, 3.05) is 23.9 Å². The zero-order valence-electron chi connectivity index (χ0n) is 20.4. The van der Waals surface area contributed by atoms with Crippen LogP contribution in [0, 0.1) is 12.7 Å². The third-order valence-electron chi connectivity index (χ3n) is 6.32. The number of nitrogens with zero attached hydrogens (tertiary/aromatic N) is 3.